The number of aromatic nitrogens is 1. The van der Waals surface area contributed by atoms with Gasteiger partial charge < -0.3 is 14.5 Å². The molecule has 0 aromatic carbocycles. The van der Waals surface area contributed by atoms with E-state index in [9.17, 15) is 9.59 Å². The van der Waals surface area contributed by atoms with Gasteiger partial charge in [-0.1, -0.05) is 6.07 Å². The lowest BCUT2D eigenvalue weighted by atomic mass is 9.80. The molecule has 1 atom stereocenters. The fourth-order valence-corrected chi connectivity index (χ4v) is 3.32. The van der Waals surface area contributed by atoms with Gasteiger partial charge in [-0.15, -0.1) is 0 Å². The third-order valence-electron chi connectivity index (χ3n) is 4.32. The van der Waals surface area contributed by atoms with Crippen LogP contribution in [0.4, 0.5) is 5.82 Å². The highest BCUT2D eigenvalue weighted by molar-refractivity contribution is 6.06. The van der Waals surface area contributed by atoms with Crippen molar-refractivity contribution in [2.45, 2.75) is 25.2 Å². The lowest BCUT2D eigenvalue weighted by Gasteiger charge is -2.20. The molecule has 1 aliphatic heterocycles. The summed E-state index contributed by atoms with van der Waals surface area (Å²) in [5, 5.41) is 2.83. The standard InChI is InChI=1S/C16H14N2O4/c1-2-21-14(19)11-6-9-7-16(8-12(9)22-11)10-4-3-5-17-13(10)18-15(16)20/h3-6H,2,7-8H2,1H3,(H,17,18,20). The molecule has 3 heterocycles. The Bertz CT molecular complexity index is 770. The molecule has 1 amide bonds. The summed E-state index contributed by atoms with van der Waals surface area (Å²) in [6.45, 7) is 2.05. The Morgan fingerprint density at radius 2 is 2.36 bits per heavy atom. The van der Waals surface area contributed by atoms with Crippen LogP contribution in [0.5, 0.6) is 0 Å². The summed E-state index contributed by atoms with van der Waals surface area (Å²) < 4.78 is 10.6. The number of esters is 1. The summed E-state index contributed by atoms with van der Waals surface area (Å²) in [7, 11) is 0. The fourth-order valence-electron chi connectivity index (χ4n) is 3.32. The Hall–Kier alpha value is -2.63. The number of amides is 1. The number of carbonyl (C=O) groups excluding carboxylic acids is 2. The molecule has 6 heteroatoms. The van der Waals surface area contributed by atoms with E-state index < -0.39 is 11.4 Å². The minimum Gasteiger partial charge on any atom is -0.460 e. The van der Waals surface area contributed by atoms with E-state index in [0.29, 0.717) is 31.0 Å². The second-order valence-electron chi connectivity index (χ2n) is 5.57. The molecule has 22 heavy (non-hydrogen) atoms. The van der Waals surface area contributed by atoms with Crippen LogP contribution in [0.2, 0.25) is 0 Å². The zero-order chi connectivity index (χ0) is 15.3. The monoisotopic (exact) mass is 298 g/mol. The van der Waals surface area contributed by atoms with Gasteiger partial charge in [-0.2, -0.15) is 0 Å². The quantitative estimate of drug-likeness (QED) is 0.856. The van der Waals surface area contributed by atoms with Crippen molar-refractivity contribution in [2.75, 3.05) is 11.9 Å². The molecule has 112 valence electrons. The van der Waals surface area contributed by atoms with Crippen LogP contribution in [0.1, 0.15) is 34.4 Å². The third-order valence-corrected chi connectivity index (χ3v) is 4.32. The summed E-state index contributed by atoms with van der Waals surface area (Å²) in [6, 6.07) is 5.42. The summed E-state index contributed by atoms with van der Waals surface area (Å²) in [6.07, 6.45) is 2.60. The molecule has 1 unspecified atom stereocenters. The SMILES string of the molecule is CCOC(=O)c1cc2c(o1)CC1(C2)C(=O)Nc2ncccc21. The van der Waals surface area contributed by atoms with Gasteiger partial charge in [0.25, 0.3) is 0 Å². The van der Waals surface area contributed by atoms with Crippen LogP contribution in [-0.4, -0.2) is 23.5 Å². The maximum absolute atomic E-state index is 12.5. The molecule has 1 N–H and O–H groups in total. The van der Waals surface area contributed by atoms with E-state index in [1.807, 2.05) is 12.1 Å². The van der Waals surface area contributed by atoms with Gasteiger partial charge in [-0.25, -0.2) is 9.78 Å². The predicted molar refractivity (Wildman–Crippen MR) is 76.6 cm³/mol. The van der Waals surface area contributed by atoms with Crippen molar-refractivity contribution in [3.8, 4) is 0 Å². The minimum atomic E-state index is -0.662. The maximum atomic E-state index is 12.5. The molecule has 2 aliphatic rings. The minimum absolute atomic E-state index is 0.0646. The molecular weight excluding hydrogens is 284 g/mol. The van der Waals surface area contributed by atoms with E-state index >= 15 is 0 Å². The second kappa shape index (κ2) is 4.43. The number of carbonyl (C=O) groups is 2. The smallest absolute Gasteiger partial charge is 0.374 e. The topological polar surface area (TPSA) is 81.4 Å². The molecule has 0 saturated heterocycles. The number of pyridine rings is 1. The predicted octanol–water partition coefficient (Wildman–Crippen LogP) is 1.84. The Labute approximate surface area is 126 Å². The number of nitrogens with zero attached hydrogens (tertiary/aromatic N) is 1. The average molecular weight is 298 g/mol. The van der Waals surface area contributed by atoms with Crippen molar-refractivity contribution in [3.05, 3.63) is 47.0 Å². The van der Waals surface area contributed by atoms with E-state index in [2.05, 4.69) is 10.3 Å². The highest BCUT2D eigenvalue weighted by atomic mass is 16.5. The summed E-state index contributed by atoms with van der Waals surface area (Å²) in [5.41, 5.74) is 1.12. The van der Waals surface area contributed by atoms with Gasteiger partial charge in [0.05, 0.1) is 12.0 Å². The molecule has 0 radical (unpaired) electrons. The number of hydrogen-bond acceptors (Lipinski definition) is 5. The van der Waals surface area contributed by atoms with Crippen molar-refractivity contribution in [2.24, 2.45) is 0 Å². The molecule has 0 saturated carbocycles. The maximum Gasteiger partial charge on any atom is 0.374 e. The molecule has 0 bridgehead atoms. The highest BCUT2D eigenvalue weighted by Crippen LogP contribution is 2.47. The first-order valence-electron chi connectivity index (χ1n) is 7.20. The zero-order valence-corrected chi connectivity index (χ0v) is 12.0. The van der Waals surface area contributed by atoms with E-state index in [-0.39, 0.29) is 11.7 Å². The van der Waals surface area contributed by atoms with Crippen LogP contribution in [0.25, 0.3) is 0 Å². The molecule has 1 spiro atoms. The van der Waals surface area contributed by atoms with E-state index in [4.69, 9.17) is 9.15 Å². The molecule has 4 rings (SSSR count). The lowest BCUT2D eigenvalue weighted by molar-refractivity contribution is -0.120. The molecule has 1 aliphatic carbocycles. The van der Waals surface area contributed by atoms with Gasteiger partial charge in [0.1, 0.15) is 11.6 Å². The lowest BCUT2D eigenvalue weighted by Crippen LogP contribution is -2.35. The van der Waals surface area contributed by atoms with Crippen molar-refractivity contribution < 1.29 is 18.7 Å². The third kappa shape index (κ3) is 1.63. The molecule has 2 aromatic rings. The molecule has 2 aromatic heterocycles. The van der Waals surface area contributed by atoms with Crippen LogP contribution >= 0.6 is 0 Å². The van der Waals surface area contributed by atoms with Crippen LogP contribution < -0.4 is 5.32 Å². The first-order chi connectivity index (χ1) is 10.6. The normalized spacial score (nSPS) is 21.6. The second-order valence-corrected chi connectivity index (χ2v) is 5.57. The van der Waals surface area contributed by atoms with Gasteiger partial charge >= 0.3 is 5.97 Å². The van der Waals surface area contributed by atoms with Gasteiger partial charge in [-0.05, 0) is 31.0 Å². The number of anilines is 1. The van der Waals surface area contributed by atoms with E-state index in [1.165, 1.54) is 0 Å². The van der Waals surface area contributed by atoms with Crippen molar-refractivity contribution in [3.63, 3.8) is 0 Å². The molecule has 6 nitrogen and oxygen atoms in total. The van der Waals surface area contributed by atoms with E-state index in [0.717, 1.165) is 11.1 Å². The number of nitrogens with one attached hydrogen (secondary N) is 1. The Kier molecular flexibility index (Phi) is 2.63. The van der Waals surface area contributed by atoms with E-state index in [1.54, 1.807) is 19.2 Å². The van der Waals surface area contributed by atoms with Crippen LogP contribution in [0.3, 0.4) is 0 Å². The van der Waals surface area contributed by atoms with Gasteiger partial charge in [0.15, 0.2) is 0 Å². The average Bonchev–Trinajstić information content (AvgIpc) is 3.12. The van der Waals surface area contributed by atoms with Gasteiger partial charge in [-0.3, -0.25) is 4.79 Å². The Balaban J connectivity index is 1.69. The fraction of sp³-hybridized carbons (Fsp3) is 0.312. The number of rotatable bonds is 2. The first-order valence-corrected chi connectivity index (χ1v) is 7.20. The van der Waals surface area contributed by atoms with Crippen molar-refractivity contribution in [1.29, 1.82) is 0 Å². The van der Waals surface area contributed by atoms with Crippen LogP contribution in [0.15, 0.2) is 28.8 Å². The van der Waals surface area contributed by atoms with Gasteiger partial charge in [0, 0.05) is 18.2 Å². The Morgan fingerprint density at radius 3 is 3.14 bits per heavy atom. The summed E-state index contributed by atoms with van der Waals surface area (Å²) >= 11 is 0. The summed E-state index contributed by atoms with van der Waals surface area (Å²) in [5.74, 6) is 0.957. The number of hydrogen-bond donors (Lipinski definition) is 1. The number of ether oxygens (including phenoxy) is 1. The largest absolute Gasteiger partial charge is 0.460 e. The zero-order valence-electron chi connectivity index (χ0n) is 12.0. The summed E-state index contributed by atoms with van der Waals surface area (Å²) in [4.78, 5) is 28.4. The van der Waals surface area contributed by atoms with Crippen LogP contribution in [0, 0.1) is 0 Å². The highest BCUT2D eigenvalue weighted by Gasteiger charge is 2.52. The number of fused-ring (bicyclic) bond motifs is 3. The molecule has 0 fully saturated rings. The van der Waals surface area contributed by atoms with Gasteiger partial charge in [0.2, 0.25) is 11.7 Å². The van der Waals surface area contributed by atoms with Crippen molar-refractivity contribution in [1.82, 2.24) is 4.98 Å². The first kappa shape index (κ1) is 13.1. The Morgan fingerprint density at radius 1 is 1.50 bits per heavy atom. The van der Waals surface area contributed by atoms with Crippen molar-refractivity contribution >= 4 is 17.7 Å². The number of furan rings is 1. The van der Waals surface area contributed by atoms with Crippen LogP contribution in [-0.2, 0) is 27.8 Å². The molecular formula is C16H14N2O4.